The minimum atomic E-state index is -1.69. The van der Waals surface area contributed by atoms with Crippen LogP contribution in [0.4, 0.5) is 8.78 Å². The fourth-order valence-electron chi connectivity index (χ4n) is 0.876. The molecular formula is C8H5ClF2O2. The molecule has 5 heteroatoms. The molecule has 13 heavy (non-hydrogen) atoms. The van der Waals surface area contributed by atoms with Crippen LogP contribution in [0.3, 0.4) is 0 Å². The minimum Gasteiger partial charge on any atom is -0.480 e. The summed E-state index contributed by atoms with van der Waals surface area (Å²) < 4.78 is 25.7. The van der Waals surface area contributed by atoms with Crippen LogP contribution in [-0.2, 0) is 4.79 Å². The van der Waals surface area contributed by atoms with Crippen molar-refractivity contribution in [1.82, 2.24) is 0 Å². The Balaban J connectivity index is 3.20. The Morgan fingerprint density at radius 3 is 2.23 bits per heavy atom. The molecule has 1 unspecified atom stereocenters. The Labute approximate surface area is 77.8 Å². The highest BCUT2D eigenvalue weighted by atomic mass is 35.5. The van der Waals surface area contributed by atoms with E-state index in [0.717, 1.165) is 18.2 Å². The van der Waals surface area contributed by atoms with Gasteiger partial charge in [-0.2, -0.15) is 0 Å². The number of carboxylic acid groups (broad SMARTS) is 1. The molecule has 70 valence electrons. The molecule has 1 atom stereocenters. The Kier molecular flexibility index (Phi) is 2.83. The fraction of sp³-hybridized carbons (Fsp3) is 0.125. The predicted octanol–water partition coefficient (Wildman–Crippen LogP) is 2.33. The van der Waals surface area contributed by atoms with Gasteiger partial charge in [0.05, 0.1) is 5.56 Å². The lowest BCUT2D eigenvalue weighted by atomic mass is 10.1. The quantitative estimate of drug-likeness (QED) is 0.754. The largest absolute Gasteiger partial charge is 0.480 e. The van der Waals surface area contributed by atoms with E-state index >= 15 is 0 Å². The van der Waals surface area contributed by atoms with Crippen molar-refractivity contribution in [3.63, 3.8) is 0 Å². The average Bonchev–Trinajstić information content (AvgIpc) is 2.03. The summed E-state index contributed by atoms with van der Waals surface area (Å²) in [6.07, 6.45) is 0. The van der Waals surface area contributed by atoms with Gasteiger partial charge in [-0.25, -0.2) is 8.78 Å². The van der Waals surface area contributed by atoms with Crippen molar-refractivity contribution in [3.05, 3.63) is 35.4 Å². The zero-order valence-corrected chi connectivity index (χ0v) is 7.05. The molecule has 0 saturated carbocycles. The number of rotatable bonds is 2. The van der Waals surface area contributed by atoms with E-state index in [4.69, 9.17) is 16.7 Å². The van der Waals surface area contributed by atoms with E-state index in [2.05, 4.69) is 0 Å². The second-order valence-electron chi connectivity index (χ2n) is 2.34. The molecule has 0 aliphatic rings. The molecule has 1 aromatic rings. The van der Waals surface area contributed by atoms with E-state index in [-0.39, 0.29) is 0 Å². The van der Waals surface area contributed by atoms with Gasteiger partial charge in [0, 0.05) is 0 Å². The average molecular weight is 207 g/mol. The van der Waals surface area contributed by atoms with Crippen LogP contribution >= 0.6 is 11.6 Å². The van der Waals surface area contributed by atoms with E-state index in [0.29, 0.717) is 0 Å². The van der Waals surface area contributed by atoms with Crippen molar-refractivity contribution in [2.24, 2.45) is 0 Å². The lowest BCUT2D eigenvalue weighted by Gasteiger charge is -2.06. The molecule has 0 amide bonds. The Bertz CT molecular complexity index is 321. The zero-order chi connectivity index (χ0) is 10.0. The monoisotopic (exact) mass is 206 g/mol. The molecule has 1 rings (SSSR count). The molecule has 1 aromatic carbocycles. The smallest absolute Gasteiger partial charge is 0.326 e. The van der Waals surface area contributed by atoms with Crippen LogP contribution in [0.5, 0.6) is 0 Å². The molecule has 0 aliphatic heterocycles. The van der Waals surface area contributed by atoms with Crippen molar-refractivity contribution in [3.8, 4) is 0 Å². The second-order valence-corrected chi connectivity index (χ2v) is 2.77. The number of hydrogen-bond donors (Lipinski definition) is 1. The molecule has 0 spiro atoms. The summed E-state index contributed by atoms with van der Waals surface area (Å²) in [5.41, 5.74) is -0.628. The van der Waals surface area contributed by atoms with Gasteiger partial charge in [0.15, 0.2) is 5.38 Å². The lowest BCUT2D eigenvalue weighted by molar-refractivity contribution is -0.136. The van der Waals surface area contributed by atoms with Gasteiger partial charge in [-0.3, -0.25) is 4.79 Å². The van der Waals surface area contributed by atoms with E-state index in [1.807, 2.05) is 0 Å². The molecule has 0 radical (unpaired) electrons. The third kappa shape index (κ3) is 1.95. The molecule has 0 saturated heterocycles. The van der Waals surface area contributed by atoms with Gasteiger partial charge < -0.3 is 5.11 Å². The minimum absolute atomic E-state index is 0.628. The number of carbonyl (C=O) groups is 1. The maximum atomic E-state index is 12.9. The van der Waals surface area contributed by atoms with E-state index in [1.54, 1.807) is 0 Å². The first-order valence-corrected chi connectivity index (χ1v) is 3.78. The van der Waals surface area contributed by atoms with Crippen molar-refractivity contribution >= 4 is 17.6 Å². The molecular weight excluding hydrogens is 202 g/mol. The molecule has 2 nitrogen and oxygen atoms in total. The predicted molar refractivity (Wildman–Crippen MR) is 42.6 cm³/mol. The third-order valence-corrected chi connectivity index (χ3v) is 1.87. The van der Waals surface area contributed by atoms with Crippen molar-refractivity contribution in [2.45, 2.75) is 5.38 Å². The molecule has 1 N–H and O–H groups in total. The van der Waals surface area contributed by atoms with Gasteiger partial charge in [-0.05, 0) is 12.1 Å². The van der Waals surface area contributed by atoms with E-state index < -0.39 is 28.5 Å². The maximum absolute atomic E-state index is 12.9. The summed E-state index contributed by atoms with van der Waals surface area (Å²) in [5.74, 6) is -3.39. The number of hydrogen-bond acceptors (Lipinski definition) is 1. The molecule has 0 aliphatic carbocycles. The van der Waals surface area contributed by atoms with Crippen LogP contribution in [0.25, 0.3) is 0 Å². The van der Waals surface area contributed by atoms with Crippen LogP contribution < -0.4 is 0 Å². The topological polar surface area (TPSA) is 37.3 Å². The SMILES string of the molecule is O=C(O)C(Cl)c1c(F)cccc1F. The van der Waals surface area contributed by atoms with Crippen LogP contribution in [-0.4, -0.2) is 11.1 Å². The van der Waals surface area contributed by atoms with Gasteiger partial charge in [0.2, 0.25) is 0 Å². The first kappa shape index (κ1) is 9.92. The number of halogens is 3. The lowest BCUT2D eigenvalue weighted by Crippen LogP contribution is -2.09. The van der Waals surface area contributed by atoms with E-state index in [1.165, 1.54) is 0 Å². The summed E-state index contributed by atoms with van der Waals surface area (Å²) in [4.78, 5) is 10.3. The molecule has 0 bridgehead atoms. The van der Waals surface area contributed by atoms with Crippen LogP contribution in [0, 0.1) is 11.6 Å². The molecule has 0 aromatic heterocycles. The summed E-state index contributed by atoms with van der Waals surface area (Å²) in [7, 11) is 0. The highest BCUT2D eigenvalue weighted by Gasteiger charge is 2.23. The first-order chi connectivity index (χ1) is 6.04. The highest BCUT2D eigenvalue weighted by Crippen LogP contribution is 2.25. The normalized spacial score (nSPS) is 12.5. The van der Waals surface area contributed by atoms with Gasteiger partial charge >= 0.3 is 5.97 Å². The van der Waals surface area contributed by atoms with Crippen LogP contribution in [0.1, 0.15) is 10.9 Å². The summed E-state index contributed by atoms with van der Waals surface area (Å²) in [5, 5.41) is 6.73. The summed E-state index contributed by atoms with van der Waals surface area (Å²) >= 11 is 5.27. The standard InChI is InChI=1S/C8H5ClF2O2/c9-7(8(12)13)6-4(10)2-1-3-5(6)11/h1-3,7H,(H,12,13). The van der Waals surface area contributed by atoms with Gasteiger partial charge in [-0.1, -0.05) is 6.07 Å². The Hall–Kier alpha value is -1.16. The first-order valence-electron chi connectivity index (χ1n) is 3.35. The Morgan fingerprint density at radius 2 is 1.85 bits per heavy atom. The zero-order valence-electron chi connectivity index (χ0n) is 6.30. The van der Waals surface area contributed by atoms with Gasteiger partial charge in [-0.15, -0.1) is 11.6 Å². The maximum Gasteiger partial charge on any atom is 0.326 e. The van der Waals surface area contributed by atoms with Gasteiger partial charge in [0.1, 0.15) is 11.6 Å². The highest BCUT2D eigenvalue weighted by molar-refractivity contribution is 6.29. The number of benzene rings is 1. The summed E-state index contributed by atoms with van der Waals surface area (Å²) in [6.45, 7) is 0. The van der Waals surface area contributed by atoms with Crippen LogP contribution in [0.15, 0.2) is 18.2 Å². The molecule has 0 fully saturated rings. The third-order valence-electron chi connectivity index (χ3n) is 1.47. The fourth-order valence-corrected chi connectivity index (χ4v) is 1.08. The van der Waals surface area contributed by atoms with Gasteiger partial charge in [0.25, 0.3) is 0 Å². The van der Waals surface area contributed by atoms with Crippen molar-refractivity contribution in [2.75, 3.05) is 0 Å². The van der Waals surface area contributed by atoms with Crippen molar-refractivity contribution in [1.29, 1.82) is 0 Å². The Morgan fingerprint density at radius 1 is 1.38 bits per heavy atom. The number of aliphatic carboxylic acids is 1. The summed E-state index contributed by atoms with van der Waals surface area (Å²) in [6, 6.07) is 3.05. The van der Waals surface area contributed by atoms with Crippen LogP contribution in [0.2, 0.25) is 0 Å². The molecule has 0 heterocycles. The van der Waals surface area contributed by atoms with E-state index in [9.17, 15) is 13.6 Å². The number of carboxylic acids is 1. The van der Waals surface area contributed by atoms with Crippen molar-refractivity contribution < 1.29 is 18.7 Å². The second kappa shape index (κ2) is 3.70. The number of alkyl halides is 1.